The zero-order valence-electron chi connectivity index (χ0n) is 16.1. The number of hydrogen-bond acceptors (Lipinski definition) is 13. The largest absolute Gasteiger partial charge is 0.508 e. The second-order valence-corrected chi connectivity index (χ2v) is 6.02. The summed E-state index contributed by atoms with van der Waals surface area (Å²) in [5.41, 5.74) is 0. The molecule has 1 heterocycles. The molecule has 13 nitrogen and oxygen atoms in total. The highest BCUT2D eigenvalue weighted by Crippen LogP contribution is 2.06. The van der Waals surface area contributed by atoms with E-state index < -0.39 is 37.2 Å². The van der Waals surface area contributed by atoms with E-state index in [0.29, 0.717) is 0 Å². The van der Waals surface area contributed by atoms with Gasteiger partial charge in [0.25, 0.3) is 0 Å². The van der Waals surface area contributed by atoms with Crippen LogP contribution in [0.3, 0.4) is 0 Å². The molecule has 4 atom stereocenters. The molecule has 13 heteroatoms. The van der Waals surface area contributed by atoms with Gasteiger partial charge in [-0.15, -0.1) is 0 Å². The second-order valence-electron chi connectivity index (χ2n) is 6.02. The molecule has 0 aromatic rings. The Morgan fingerprint density at radius 3 is 1.66 bits per heavy atom. The normalized spacial score (nSPS) is 19.6. The average molecular weight is 430 g/mol. The zero-order chi connectivity index (χ0) is 21.3. The second kappa shape index (κ2) is 16.6. The first-order valence-electron chi connectivity index (χ1n) is 8.96. The fourth-order valence-electron chi connectivity index (χ4n) is 1.87. The van der Waals surface area contributed by atoms with Crippen molar-refractivity contribution < 1.29 is 63.1 Å². The number of rotatable bonds is 19. The molecule has 4 N–H and O–H groups in total. The summed E-state index contributed by atoms with van der Waals surface area (Å²) in [5.74, 6) is 0. The Hall–Kier alpha value is -1.13. The summed E-state index contributed by atoms with van der Waals surface area (Å²) >= 11 is 0. The smallest absolute Gasteiger partial charge is 0.430 e. The molecule has 1 aliphatic rings. The van der Waals surface area contributed by atoms with Gasteiger partial charge in [-0.2, -0.15) is 0 Å². The van der Waals surface area contributed by atoms with Crippen molar-refractivity contribution >= 4 is 6.16 Å². The van der Waals surface area contributed by atoms with Gasteiger partial charge in [0.05, 0.1) is 46.2 Å². The van der Waals surface area contributed by atoms with Gasteiger partial charge in [-0.05, 0) is 0 Å². The molecule has 0 aromatic heterocycles. The third kappa shape index (κ3) is 14.5. The molecule has 0 spiro atoms. The minimum atomic E-state index is -0.967. The molecule has 1 saturated heterocycles. The Balaban J connectivity index is 1.83. The highest BCUT2D eigenvalue weighted by Gasteiger charge is 2.24. The minimum absolute atomic E-state index is 0.0254. The summed E-state index contributed by atoms with van der Waals surface area (Å²) in [6.07, 6.45) is -3.94. The summed E-state index contributed by atoms with van der Waals surface area (Å²) in [6, 6.07) is 0. The van der Waals surface area contributed by atoms with Gasteiger partial charge in [-0.25, -0.2) is 4.79 Å². The lowest BCUT2D eigenvalue weighted by atomic mass is 10.4. The van der Waals surface area contributed by atoms with Crippen molar-refractivity contribution in [3.63, 3.8) is 0 Å². The summed E-state index contributed by atoms with van der Waals surface area (Å²) < 4.78 is 39.6. The van der Waals surface area contributed by atoms with E-state index >= 15 is 0 Å². The molecule has 1 fully saturated rings. The van der Waals surface area contributed by atoms with E-state index in [4.69, 9.17) is 43.4 Å². The predicted molar refractivity (Wildman–Crippen MR) is 91.6 cm³/mol. The standard InChI is InChI=1S/C16H30O13/c17-1-12(18)2-22-9-23-3-13(19)4-24-10-25-5-14(20)6-26-11-27-7-15-8-28-16(21)29-15/h12-15,17-20H,1-11H2. The number of aliphatic hydroxyl groups is 4. The molecule has 1 aliphatic heterocycles. The number of cyclic esters (lactones) is 2. The molecule has 0 bridgehead atoms. The van der Waals surface area contributed by atoms with Crippen LogP contribution in [0.4, 0.5) is 4.79 Å². The van der Waals surface area contributed by atoms with Crippen LogP contribution in [0.2, 0.25) is 0 Å². The fourth-order valence-corrected chi connectivity index (χ4v) is 1.87. The van der Waals surface area contributed by atoms with Gasteiger partial charge >= 0.3 is 6.16 Å². The zero-order valence-corrected chi connectivity index (χ0v) is 16.1. The molecule has 0 aliphatic carbocycles. The van der Waals surface area contributed by atoms with Gasteiger partial charge in [0.15, 0.2) is 6.10 Å². The number of hydrogen-bond donors (Lipinski definition) is 4. The van der Waals surface area contributed by atoms with Gasteiger partial charge in [0, 0.05) is 0 Å². The van der Waals surface area contributed by atoms with Gasteiger partial charge in [-0.3, -0.25) is 0 Å². The first-order chi connectivity index (χ1) is 14.0. The molecule has 0 amide bonds. The summed E-state index contributed by atoms with van der Waals surface area (Å²) in [5, 5.41) is 36.9. The van der Waals surface area contributed by atoms with E-state index in [1.807, 2.05) is 0 Å². The molecule has 172 valence electrons. The van der Waals surface area contributed by atoms with Crippen molar-refractivity contribution in [3.05, 3.63) is 0 Å². The maximum absolute atomic E-state index is 10.7. The molecule has 29 heavy (non-hydrogen) atoms. The maximum Gasteiger partial charge on any atom is 0.508 e. The number of carbonyl (C=O) groups excluding carboxylic acids is 1. The molecule has 0 aromatic carbocycles. The lowest BCUT2D eigenvalue weighted by Crippen LogP contribution is -2.26. The minimum Gasteiger partial charge on any atom is -0.430 e. The van der Waals surface area contributed by atoms with E-state index in [-0.39, 0.29) is 66.6 Å². The predicted octanol–water partition coefficient (Wildman–Crippen LogP) is -2.43. The Morgan fingerprint density at radius 2 is 1.24 bits per heavy atom. The van der Waals surface area contributed by atoms with Crippen molar-refractivity contribution in [1.82, 2.24) is 0 Å². The average Bonchev–Trinajstić information content (AvgIpc) is 3.12. The Kier molecular flexibility index (Phi) is 14.9. The first kappa shape index (κ1) is 25.9. The lowest BCUT2D eigenvalue weighted by molar-refractivity contribution is -0.137. The Morgan fingerprint density at radius 1 is 0.793 bits per heavy atom. The quantitative estimate of drug-likeness (QED) is 0.0969. The van der Waals surface area contributed by atoms with E-state index in [1.165, 1.54) is 0 Å². The van der Waals surface area contributed by atoms with E-state index in [1.54, 1.807) is 0 Å². The van der Waals surface area contributed by atoms with Crippen molar-refractivity contribution in [2.24, 2.45) is 0 Å². The van der Waals surface area contributed by atoms with Crippen LogP contribution in [0.25, 0.3) is 0 Å². The van der Waals surface area contributed by atoms with Crippen LogP contribution in [0.15, 0.2) is 0 Å². The van der Waals surface area contributed by atoms with Gasteiger partial charge < -0.3 is 58.3 Å². The fraction of sp³-hybridized carbons (Fsp3) is 0.938. The van der Waals surface area contributed by atoms with Gasteiger partial charge in [0.2, 0.25) is 0 Å². The molecule has 4 unspecified atom stereocenters. The number of ether oxygens (including phenoxy) is 8. The topological polar surface area (TPSA) is 172 Å². The number of aliphatic hydroxyl groups excluding tert-OH is 4. The number of carbonyl (C=O) groups is 1. The van der Waals surface area contributed by atoms with Crippen molar-refractivity contribution in [2.75, 3.05) is 73.2 Å². The van der Waals surface area contributed by atoms with Crippen LogP contribution in [0.5, 0.6) is 0 Å². The van der Waals surface area contributed by atoms with Gasteiger partial charge in [0.1, 0.15) is 45.3 Å². The molecule has 0 radical (unpaired) electrons. The van der Waals surface area contributed by atoms with E-state index in [0.717, 1.165) is 0 Å². The highest BCUT2D eigenvalue weighted by atomic mass is 16.8. The van der Waals surface area contributed by atoms with Crippen LogP contribution < -0.4 is 0 Å². The van der Waals surface area contributed by atoms with Gasteiger partial charge in [-0.1, -0.05) is 0 Å². The van der Waals surface area contributed by atoms with Crippen molar-refractivity contribution in [1.29, 1.82) is 0 Å². The third-order valence-electron chi connectivity index (χ3n) is 3.22. The SMILES string of the molecule is O=C1OCC(COCOCC(O)COCOCC(O)COCOCC(O)CO)O1. The van der Waals surface area contributed by atoms with Crippen LogP contribution in [0, 0.1) is 0 Å². The molecular weight excluding hydrogens is 400 g/mol. The van der Waals surface area contributed by atoms with Crippen molar-refractivity contribution in [3.8, 4) is 0 Å². The maximum atomic E-state index is 10.7. The van der Waals surface area contributed by atoms with Crippen LogP contribution in [-0.4, -0.2) is 124 Å². The monoisotopic (exact) mass is 430 g/mol. The van der Waals surface area contributed by atoms with E-state index in [9.17, 15) is 15.0 Å². The van der Waals surface area contributed by atoms with E-state index in [2.05, 4.69) is 4.74 Å². The summed E-state index contributed by atoms with van der Waals surface area (Å²) in [6.45, 7) is -0.724. The van der Waals surface area contributed by atoms with Crippen LogP contribution >= 0.6 is 0 Å². The van der Waals surface area contributed by atoms with Crippen LogP contribution in [-0.2, 0) is 37.9 Å². The summed E-state index contributed by atoms with van der Waals surface area (Å²) in [4.78, 5) is 10.7. The van der Waals surface area contributed by atoms with Crippen molar-refractivity contribution in [2.45, 2.75) is 24.4 Å². The lowest BCUT2D eigenvalue weighted by Gasteiger charge is -2.14. The molecule has 0 saturated carbocycles. The molecular formula is C16H30O13. The summed E-state index contributed by atoms with van der Waals surface area (Å²) in [7, 11) is 0. The Bertz CT molecular complexity index is 410. The molecule has 1 rings (SSSR count). The third-order valence-corrected chi connectivity index (χ3v) is 3.22. The first-order valence-corrected chi connectivity index (χ1v) is 8.96. The Labute approximate surface area is 167 Å². The highest BCUT2D eigenvalue weighted by molar-refractivity contribution is 5.61. The van der Waals surface area contributed by atoms with Crippen LogP contribution in [0.1, 0.15) is 0 Å².